The molecule has 0 spiro atoms. The van der Waals surface area contributed by atoms with Crippen molar-refractivity contribution in [3.05, 3.63) is 56.0 Å². The lowest BCUT2D eigenvalue weighted by atomic mass is 9.87. The highest BCUT2D eigenvalue weighted by Gasteiger charge is 2.26. The van der Waals surface area contributed by atoms with E-state index in [1.807, 2.05) is 0 Å². The van der Waals surface area contributed by atoms with Crippen LogP contribution in [0.4, 0.5) is 5.69 Å². The lowest BCUT2D eigenvalue weighted by molar-refractivity contribution is 0.0696. The summed E-state index contributed by atoms with van der Waals surface area (Å²) in [6.07, 6.45) is 3.22. The van der Waals surface area contributed by atoms with Gasteiger partial charge in [0.25, 0.3) is 10.0 Å². The summed E-state index contributed by atoms with van der Waals surface area (Å²) in [5.41, 5.74) is 1.58. The number of aryl methyl sites for hydroxylation is 1. The Morgan fingerprint density at radius 1 is 1.00 bits per heavy atom. The normalized spacial score (nSPS) is 14.0. The van der Waals surface area contributed by atoms with Gasteiger partial charge in [0.15, 0.2) is 0 Å². The number of halogens is 3. The zero-order valence-electron chi connectivity index (χ0n) is 13.4. The summed E-state index contributed by atoms with van der Waals surface area (Å²) >= 11 is 17.8. The van der Waals surface area contributed by atoms with Gasteiger partial charge in [0.1, 0.15) is 4.90 Å². The lowest BCUT2D eigenvalue weighted by Crippen LogP contribution is -2.19. The fourth-order valence-corrected chi connectivity index (χ4v) is 5.12. The zero-order chi connectivity index (χ0) is 19.1. The summed E-state index contributed by atoms with van der Waals surface area (Å²) in [6, 6.07) is 5.76. The van der Waals surface area contributed by atoms with E-state index >= 15 is 0 Å². The van der Waals surface area contributed by atoms with E-state index in [0.29, 0.717) is 12.0 Å². The molecule has 0 radical (unpaired) electrons. The van der Waals surface area contributed by atoms with Crippen molar-refractivity contribution in [2.75, 3.05) is 4.72 Å². The molecule has 3 rings (SSSR count). The van der Waals surface area contributed by atoms with Crippen LogP contribution in [-0.4, -0.2) is 19.5 Å². The predicted octanol–water partition coefficient (Wildman–Crippen LogP) is 5.02. The molecule has 9 heteroatoms. The second-order valence-electron chi connectivity index (χ2n) is 5.92. The van der Waals surface area contributed by atoms with Gasteiger partial charge in [-0.2, -0.15) is 0 Å². The third-order valence-corrected chi connectivity index (χ3v) is 7.09. The minimum absolute atomic E-state index is 0.000268. The number of anilines is 1. The van der Waals surface area contributed by atoms with Gasteiger partial charge >= 0.3 is 5.97 Å². The Hall–Kier alpha value is -1.47. The van der Waals surface area contributed by atoms with Gasteiger partial charge in [-0.3, -0.25) is 4.72 Å². The first kappa shape index (κ1) is 19.3. The smallest absolute Gasteiger partial charge is 0.338 e. The monoisotopic (exact) mass is 433 g/mol. The second-order valence-corrected chi connectivity index (χ2v) is 8.73. The summed E-state index contributed by atoms with van der Waals surface area (Å²) in [5.74, 6) is -1.18. The van der Waals surface area contributed by atoms with Gasteiger partial charge in [0.05, 0.1) is 26.3 Å². The largest absolute Gasteiger partial charge is 0.478 e. The van der Waals surface area contributed by atoms with Crippen LogP contribution in [0.2, 0.25) is 15.1 Å². The van der Waals surface area contributed by atoms with E-state index in [1.165, 1.54) is 18.2 Å². The molecule has 2 N–H and O–H groups in total. The van der Waals surface area contributed by atoms with Crippen molar-refractivity contribution in [2.45, 2.75) is 30.6 Å². The molecule has 138 valence electrons. The molecule has 0 aromatic heterocycles. The molecule has 0 saturated heterocycles. The number of carboxylic acids is 1. The van der Waals surface area contributed by atoms with E-state index in [2.05, 4.69) is 4.72 Å². The molecule has 0 fully saturated rings. The van der Waals surface area contributed by atoms with Crippen LogP contribution in [0, 0.1) is 0 Å². The highest BCUT2D eigenvalue weighted by Crippen LogP contribution is 2.37. The van der Waals surface area contributed by atoms with Crippen LogP contribution in [0.5, 0.6) is 0 Å². The van der Waals surface area contributed by atoms with Gasteiger partial charge in [-0.05, 0) is 55.0 Å². The summed E-state index contributed by atoms with van der Waals surface area (Å²) in [5, 5.41) is 9.44. The van der Waals surface area contributed by atoms with E-state index in [1.54, 1.807) is 6.07 Å². The first-order chi connectivity index (χ1) is 12.2. The van der Waals surface area contributed by atoms with Crippen molar-refractivity contribution in [1.82, 2.24) is 0 Å². The zero-order valence-corrected chi connectivity index (χ0v) is 16.4. The molecule has 0 atom stereocenters. The Labute approximate surface area is 165 Å². The number of sulfonamides is 1. The van der Waals surface area contributed by atoms with Crippen molar-refractivity contribution in [3.63, 3.8) is 0 Å². The van der Waals surface area contributed by atoms with Gasteiger partial charge in [-0.1, -0.05) is 40.9 Å². The summed E-state index contributed by atoms with van der Waals surface area (Å²) in [4.78, 5) is 11.5. The average molecular weight is 435 g/mol. The molecule has 0 amide bonds. The quantitative estimate of drug-likeness (QED) is 0.661. The first-order valence-electron chi connectivity index (χ1n) is 7.76. The van der Waals surface area contributed by atoms with Crippen LogP contribution in [0.15, 0.2) is 29.2 Å². The van der Waals surface area contributed by atoms with Crippen molar-refractivity contribution >= 4 is 56.5 Å². The molecular formula is C17H14Cl3NO4S. The molecule has 26 heavy (non-hydrogen) atoms. The molecule has 2 aromatic carbocycles. The molecule has 2 aromatic rings. The van der Waals surface area contributed by atoms with Crippen LogP contribution in [-0.2, 0) is 22.9 Å². The fraction of sp³-hybridized carbons (Fsp3) is 0.235. The Morgan fingerprint density at radius 2 is 1.69 bits per heavy atom. The molecule has 0 bridgehead atoms. The molecule has 1 aliphatic carbocycles. The molecular weight excluding hydrogens is 421 g/mol. The van der Waals surface area contributed by atoms with Crippen LogP contribution >= 0.6 is 34.8 Å². The Kier molecular flexibility index (Phi) is 5.40. The topological polar surface area (TPSA) is 83.5 Å². The number of aromatic carboxylic acids is 1. The van der Waals surface area contributed by atoms with Crippen molar-refractivity contribution < 1.29 is 18.3 Å². The number of carboxylic acid groups (broad SMARTS) is 1. The molecule has 0 heterocycles. The van der Waals surface area contributed by atoms with Crippen molar-refractivity contribution in [2.24, 2.45) is 0 Å². The van der Waals surface area contributed by atoms with Gasteiger partial charge < -0.3 is 5.11 Å². The third-order valence-electron chi connectivity index (χ3n) is 4.28. The number of fused-ring (bicyclic) bond motifs is 1. The molecule has 0 aliphatic heterocycles. The van der Waals surface area contributed by atoms with Crippen LogP contribution in [0.25, 0.3) is 0 Å². The van der Waals surface area contributed by atoms with E-state index in [0.717, 1.165) is 24.8 Å². The Bertz CT molecular complexity index is 1010. The van der Waals surface area contributed by atoms with E-state index in [-0.39, 0.29) is 31.2 Å². The molecule has 0 saturated carbocycles. The lowest BCUT2D eigenvalue weighted by Gasteiger charge is -2.21. The first-order valence-corrected chi connectivity index (χ1v) is 10.4. The third kappa shape index (κ3) is 3.51. The standard InChI is InChI=1S/C17H14Cl3NO4S/c18-11-6-8-13(16(20)15(11)19)26(24,25)21-12-7-5-9-3-1-2-4-10(9)14(12)17(22)23/h5-8,21H,1-4H2,(H,22,23). The van der Waals surface area contributed by atoms with Gasteiger partial charge in [-0.25, -0.2) is 13.2 Å². The minimum atomic E-state index is -4.15. The number of rotatable bonds is 4. The van der Waals surface area contributed by atoms with Crippen LogP contribution in [0.3, 0.4) is 0 Å². The molecule has 0 unspecified atom stereocenters. The fourth-order valence-electron chi connectivity index (χ4n) is 3.07. The SMILES string of the molecule is O=C(O)c1c(NS(=O)(=O)c2ccc(Cl)c(Cl)c2Cl)ccc2c1CCCC2. The van der Waals surface area contributed by atoms with E-state index in [4.69, 9.17) is 34.8 Å². The second kappa shape index (κ2) is 7.27. The number of nitrogens with one attached hydrogen (secondary N) is 1. The van der Waals surface area contributed by atoms with Gasteiger partial charge in [0.2, 0.25) is 0 Å². The molecule has 5 nitrogen and oxygen atoms in total. The summed E-state index contributed by atoms with van der Waals surface area (Å²) < 4.78 is 27.8. The summed E-state index contributed by atoms with van der Waals surface area (Å²) in [7, 11) is -4.15. The predicted molar refractivity (Wildman–Crippen MR) is 102 cm³/mol. The van der Waals surface area contributed by atoms with Crippen LogP contribution < -0.4 is 4.72 Å². The number of carbonyl (C=O) groups is 1. The highest BCUT2D eigenvalue weighted by molar-refractivity contribution is 7.92. The average Bonchev–Trinajstić information content (AvgIpc) is 2.58. The molecule has 1 aliphatic rings. The van der Waals surface area contributed by atoms with E-state index < -0.39 is 16.0 Å². The van der Waals surface area contributed by atoms with Gasteiger partial charge in [0, 0.05) is 0 Å². The number of benzene rings is 2. The number of hydrogen-bond donors (Lipinski definition) is 2. The Balaban J connectivity index is 2.09. The minimum Gasteiger partial charge on any atom is -0.478 e. The number of hydrogen-bond acceptors (Lipinski definition) is 3. The highest BCUT2D eigenvalue weighted by atomic mass is 35.5. The maximum absolute atomic E-state index is 12.7. The Morgan fingerprint density at radius 3 is 2.38 bits per heavy atom. The van der Waals surface area contributed by atoms with E-state index in [9.17, 15) is 18.3 Å². The summed E-state index contributed by atoms with van der Waals surface area (Å²) in [6.45, 7) is 0. The van der Waals surface area contributed by atoms with Crippen molar-refractivity contribution in [1.29, 1.82) is 0 Å². The van der Waals surface area contributed by atoms with Crippen molar-refractivity contribution in [3.8, 4) is 0 Å². The maximum Gasteiger partial charge on any atom is 0.338 e. The van der Waals surface area contributed by atoms with Gasteiger partial charge in [-0.15, -0.1) is 0 Å². The maximum atomic E-state index is 12.7. The van der Waals surface area contributed by atoms with Crippen LogP contribution in [0.1, 0.15) is 34.3 Å².